The lowest BCUT2D eigenvalue weighted by Crippen LogP contribution is -2.24. The van der Waals surface area contributed by atoms with Crippen LogP contribution in [0.2, 0.25) is 0 Å². The van der Waals surface area contributed by atoms with Gasteiger partial charge >= 0.3 is 0 Å². The van der Waals surface area contributed by atoms with Gasteiger partial charge in [0.25, 0.3) is 0 Å². The number of rotatable bonds is 8. The molecule has 0 saturated carbocycles. The molecule has 0 radical (unpaired) electrons. The van der Waals surface area contributed by atoms with Gasteiger partial charge in [0.15, 0.2) is 11.0 Å². The largest absolute Gasteiger partial charge is 0.497 e. The van der Waals surface area contributed by atoms with Gasteiger partial charge in [0.05, 0.1) is 12.4 Å². The van der Waals surface area contributed by atoms with Crippen molar-refractivity contribution in [3.63, 3.8) is 0 Å². The summed E-state index contributed by atoms with van der Waals surface area (Å²) in [5.74, 6) is 1.66. The van der Waals surface area contributed by atoms with E-state index < -0.39 is 0 Å². The number of hydrogen-bond acceptors (Lipinski definition) is 5. The fourth-order valence-electron chi connectivity index (χ4n) is 3.88. The summed E-state index contributed by atoms with van der Waals surface area (Å²) in [6, 6.07) is 23.8. The molecule has 0 aliphatic carbocycles. The highest BCUT2D eigenvalue weighted by Gasteiger charge is 2.23. The van der Waals surface area contributed by atoms with Gasteiger partial charge in [-0.2, -0.15) is 0 Å². The minimum absolute atomic E-state index is 0.0725. The molecule has 180 valence electrons. The van der Waals surface area contributed by atoms with E-state index in [2.05, 4.69) is 35.4 Å². The Bertz CT molecular complexity index is 1320. The molecular formula is C28H30N4O2S. The molecule has 1 heterocycles. The minimum Gasteiger partial charge on any atom is -0.497 e. The highest BCUT2D eigenvalue weighted by molar-refractivity contribution is 8.00. The van der Waals surface area contributed by atoms with Crippen LogP contribution in [0.25, 0.3) is 17.1 Å². The van der Waals surface area contributed by atoms with E-state index in [9.17, 15) is 4.79 Å². The van der Waals surface area contributed by atoms with Gasteiger partial charge in [0, 0.05) is 16.9 Å². The number of aryl methyl sites for hydroxylation is 1. The van der Waals surface area contributed by atoms with Crippen LogP contribution in [-0.2, 0) is 4.79 Å². The van der Waals surface area contributed by atoms with Crippen molar-refractivity contribution in [2.75, 3.05) is 12.4 Å². The maximum Gasteiger partial charge on any atom is 0.237 e. The number of nitrogens with one attached hydrogen (secondary N) is 1. The van der Waals surface area contributed by atoms with Crippen LogP contribution in [0.4, 0.5) is 5.69 Å². The summed E-state index contributed by atoms with van der Waals surface area (Å²) in [5, 5.41) is 12.4. The summed E-state index contributed by atoms with van der Waals surface area (Å²) in [6.45, 7) is 8.17. The normalized spacial score (nSPS) is 11.9. The SMILES string of the molecule is COc1cccc(-c2nnc(SC(C)C(=O)Nc3c(C)cccc3C(C)C)n2-c2ccccc2)c1. The number of nitrogens with zero attached hydrogens (tertiary/aromatic N) is 3. The van der Waals surface area contributed by atoms with E-state index in [4.69, 9.17) is 4.74 Å². The first-order valence-electron chi connectivity index (χ1n) is 11.6. The minimum atomic E-state index is -0.389. The first kappa shape index (κ1) is 24.5. The number of amides is 1. The van der Waals surface area contributed by atoms with Crippen molar-refractivity contribution in [1.29, 1.82) is 0 Å². The summed E-state index contributed by atoms with van der Waals surface area (Å²) >= 11 is 1.38. The summed E-state index contributed by atoms with van der Waals surface area (Å²) < 4.78 is 7.38. The average molecular weight is 487 g/mol. The molecule has 3 aromatic carbocycles. The zero-order valence-corrected chi connectivity index (χ0v) is 21.5. The Labute approximate surface area is 210 Å². The standard InChI is InChI=1S/C28H30N4O2S/c1-18(2)24-16-9-11-19(3)25(24)29-27(33)20(4)35-28-31-30-26(21-12-10-15-23(17-21)34-5)32(28)22-13-7-6-8-14-22/h6-18,20H,1-5H3,(H,29,33). The van der Waals surface area contributed by atoms with Crippen LogP contribution >= 0.6 is 11.8 Å². The van der Waals surface area contributed by atoms with E-state index in [-0.39, 0.29) is 11.2 Å². The van der Waals surface area contributed by atoms with Gasteiger partial charge in [0.2, 0.25) is 5.91 Å². The fraction of sp³-hybridized carbons (Fsp3) is 0.250. The second kappa shape index (κ2) is 10.8. The lowest BCUT2D eigenvalue weighted by atomic mass is 9.98. The molecule has 1 amide bonds. The zero-order chi connectivity index (χ0) is 24.9. The van der Waals surface area contributed by atoms with E-state index in [0.717, 1.165) is 33.8 Å². The lowest BCUT2D eigenvalue weighted by molar-refractivity contribution is -0.115. The van der Waals surface area contributed by atoms with E-state index in [1.807, 2.05) is 85.1 Å². The van der Waals surface area contributed by atoms with Crippen molar-refractivity contribution in [2.45, 2.75) is 44.0 Å². The van der Waals surface area contributed by atoms with Crippen molar-refractivity contribution >= 4 is 23.4 Å². The maximum absolute atomic E-state index is 13.2. The van der Waals surface area contributed by atoms with Crippen molar-refractivity contribution in [1.82, 2.24) is 14.8 Å². The number of aromatic nitrogens is 3. The predicted molar refractivity (Wildman–Crippen MR) is 143 cm³/mol. The summed E-state index contributed by atoms with van der Waals surface area (Å²) in [4.78, 5) is 13.2. The number of methoxy groups -OCH3 is 1. The van der Waals surface area contributed by atoms with Crippen molar-refractivity contribution in [3.8, 4) is 22.8 Å². The highest BCUT2D eigenvalue weighted by Crippen LogP contribution is 2.33. The number of carbonyl (C=O) groups excluding carboxylic acids is 1. The molecule has 1 atom stereocenters. The Kier molecular flexibility index (Phi) is 7.56. The Morgan fingerprint density at radius 1 is 0.971 bits per heavy atom. The fourth-order valence-corrected chi connectivity index (χ4v) is 4.75. The number of anilines is 1. The van der Waals surface area contributed by atoms with Crippen molar-refractivity contribution in [2.24, 2.45) is 0 Å². The number of ether oxygens (including phenoxy) is 1. The molecule has 0 spiro atoms. The van der Waals surface area contributed by atoms with Crippen LogP contribution in [-0.4, -0.2) is 33.0 Å². The first-order chi connectivity index (χ1) is 16.9. The van der Waals surface area contributed by atoms with Crippen LogP contribution in [0.1, 0.15) is 37.8 Å². The molecule has 35 heavy (non-hydrogen) atoms. The van der Waals surface area contributed by atoms with Crippen LogP contribution in [0.5, 0.6) is 5.75 Å². The van der Waals surface area contributed by atoms with Gasteiger partial charge in [-0.3, -0.25) is 9.36 Å². The van der Waals surface area contributed by atoms with E-state index in [1.165, 1.54) is 11.8 Å². The molecule has 0 bridgehead atoms. The molecule has 4 aromatic rings. The Morgan fingerprint density at radius 3 is 2.43 bits per heavy atom. The second-order valence-corrected chi connectivity index (χ2v) is 9.96. The van der Waals surface area contributed by atoms with Crippen molar-refractivity contribution in [3.05, 3.63) is 83.9 Å². The second-order valence-electron chi connectivity index (χ2n) is 8.65. The molecular weight excluding hydrogens is 456 g/mol. The predicted octanol–water partition coefficient (Wildman–Crippen LogP) is 6.49. The number of benzene rings is 3. The molecule has 1 N–H and O–H groups in total. The number of thioether (sulfide) groups is 1. The summed E-state index contributed by atoms with van der Waals surface area (Å²) in [7, 11) is 1.64. The van der Waals surface area contributed by atoms with Crippen LogP contribution in [0.3, 0.4) is 0 Å². The maximum atomic E-state index is 13.2. The molecule has 7 heteroatoms. The number of hydrogen-bond donors (Lipinski definition) is 1. The molecule has 0 aliphatic rings. The van der Waals surface area contributed by atoms with Gasteiger partial charge in [0.1, 0.15) is 5.75 Å². The Hall–Kier alpha value is -3.58. The molecule has 6 nitrogen and oxygen atoms in total. The van der Waals surface area contributed by atoms with E-state index in [0.29, 0.717) is 16.9 Å². The first-order valence-corrected chi connectivity index (χ1v) is 12.5. The smallest absolute Gasteiger partial charge is 0.237 e. The molecule has 1 unspecified atom stereocenters. The van der Waals surface area contributed by atoms with Crippen LogP contribution in [0.15, 0.2) is 78.0 Å². The quantitative estimate of drug-likeness (QED) is 0.288. The molecule has 1 aromatic heterocycles. The van der Waals surface area contributed by atoms with Crippen LogP contribution in [0, 0.1) is 6.92 Å². The third kappa shape index (κ3) is 5.41. The van der Waals surface area contributed by atoms with Gasteiger partial charge in [-0.1, -0.05) is 74.1 Å². The molecule has 4 rings (SSSR count). The third-order valence-corrected chi connectivity index (χ3v) is 6.85. The van der Waals surface area contributed by atoms with Gasteiger partial charge in [-0.15, -0.1) is 10.2 Å². The number of para-hydroxylation sites is 2. The number of carbonyl (C=O) groups is 1. The van der Waals surface area contributed by atoms with Gasteiger partial charge in [-0.25, -0.2) is 0 Å². The Balaban J connectivity index is 1.66. The molecule has 0 fully saturated rings. The summed E-state index contributed by atoms with van der Waals surface area (Å²) in [5.41, 5.74) is 4.87. The van der Waals surface area contributed by atoms with E-state index >= 15 is 0 Å². The monoisotopic (exact) mass is 486 g/mol. The average Bonchev–Trinajstić information content (AvgIpc) is 3.29. The lowest BCUT2D eigenvalue weighted by Gasteiger charge is -2.19. The van der Waals surface area contributed by atoms with Crippen molar-refractivity contribution < 1.29 is 9.53 Å². The third-order valence-electron chi connectivity index (χ3n) is 5.80. The highest BCUT2D eigenvalue weighted by atomic mass is 32.2. The molecule has 0 saturated heterocycles. The van der Waals surface area contributed by atoms with Gasteiger partial charge in [-0.05, 0) is 55.2 Å². The zero-order valence-electron chi connectivity index (χ0n) is 20.6. The van der Waals surface area contributed by atoms with E-state index in [1.54, 1.807) is 7.11 Å². The Morgan fingerprint density at radius 2 is 1.71 bits per heavy atom. The molecule has 0 aliphatic heterocycles. The van der Waals surface area contributed by atoms with Gasteiger partial charge < -0.3 is 10.1 Å². The van der Waals surface area contributed by atoms with Crippen LogP contribution < -0.4 is 10.1 Å². The topological polar surface area (TPSA) is 69.0 Å². The summed E-state index contributed by atoms with van der Waals surface area (Å²) in [6.07, 6.45) is 0.